The number of nitrogens with zero attached hydrogens (tertiary/aromatic N) is 1. The number of nitrogens with one attached hydrogen (secondary N) is 2. The van der Waals surface area contributed by atoms with Crippen LogP contribution in [0.5, 0.6) is 0 Å². The zero-order valence-corrected chi connectivity index (χ0v) is 27.8. The number of nitrogens with two attached hydrogens (primary N) is 1. The highest BCUT2D eigenvalue weighted by atomic mass is 35.5. The Balaban J connectivity index is 1.18. The quantitative estimate of drug-likeness (QED) is 0.146. The Hall–Kier alpha value is -3.49. The number of halogens is 4. The molecule has 2 aliphatic rings. The fraction of sp³-hybridized carbons (Fsp3) is 0.342. The third kappa shape index (κ3) is 7.98. The lowest BCUT2D eigenvalue weighted by atomic mass is 9.69. The number of piperidine rings is 1. The van der Waals surface area contributed by atoms with Crippen LogP contribution in [0, 0.1) is 11.6 Å². The third-order valence-corrected chi connectivity index (χ3v) is 10.5. The highest BCUT2D eigenvalue weighted by Gasteiger charge is 2.38. The number of amides is 1. The molecule has 1 atom stereocenters. The van der Waals surface area contributed by atoms with E-state index in [0.717, 1.165) is 49.0 Å². The normalized spacial score (nSPS) is 17.4. The lowest BCUT2D eigenvalue weighted by Gasteiger charge is -2.44. The molecule has 1 saturated heterocycles. The molecule has 2 fully saturated rings. The van der Waals surface area contributed by atoms with E-state index in [0.29, 0.717) is 23.8 Å². The molecule has 1 amide bonds. The van der Waals surface area contributed by atoms with E-state index in [9.17, 15) is 13.6 Å². The maximum Gasteiger partial charge on any atom is 0.224 e. The Bertz CT molecular complexity index is 1700. The minimum Gasteiger partial charge on any atom is -0.366 e. The zero-order chi connectivity index (χ0) is 33.0. The first-order valence-corrected chi connectivity index (χ1v) is 17.1. The smallest absolute Gasteiger partial charge is 0.224 e. The van der Waals surface area contributed by atoms with Crippen molar-refractivity contribution in [3.8, 4) is 11.1 Å². The van der Waals surface area contributed by atoms with Crippen molar-refractivity contribution in [2.24, 2.45) is 5.73 Å². The maximum atomic E-state index is 13.6. The van der Waals surface area contributed by atoms with Crippen molar-refractivity contribution in [1.82, 2.24) is 4.90 Å². The predicted octanol–water partition coefficient (Wildman–Crippen LogP) is 9.70. The highest BCUT2D eigenvalue weighted by molar-refractivity contribution is 6.31. The number of hydrogen-bond donors (Lipinski definition) is 3. The monoisotopic (exact) mass is 676 g/mol. The van der Waals surface area contributed by atoms with Crippen LogP contribution >= 0.6 is 23.2 Å². The molecule has 1 aliphatic carbocycles. The van der Waals surface area contributed by atoms with Crippen molar-refractivity contribution in [3.63, 3.8) is 0 Å². The van der Waals surface area contributed by atoms with Gasteiger partial charge in [0.1, 0.15) is 17.8 Å². The van der Waals surface area contributed by atoms with Gasteiger partial charge in [-0.25, -0.2) is 8.78 Å². The van der Waals surface area contributed by atoms with E-state index in [-0.39, 0.29) is 21.4 Å². The SMILES string of the molecule is NC(Nc1ccc(F)c(Cl)c1)c1cccc(-c2ccc(C3(CCC(=O)Nc4ccc(F)c(Cl)c4)CCN(C4CCCC4)CC3)cc2)c1. The van der Waals surface area contributed by atoms with E-state index in [2.05, 4.69) is 51.9 Å². The van der Waals surface area contributed by atoms with Gasteiger partial charge in [-0.15, -0.1) is 0 Å². The van der Waals surface area contributed by atoms with Crippen LogP contribution in [0.4, 0.5) is 20.2 Å². The van der Waals surface area contributed by atoms with Crippen LogP contribution in [0.2, 0.25) is 10.0 Å². The van der Waals surface area contributed by atoms with Gasteiger partial charge in [-0.1, -0.05) is 78.5 Å². The van der Waals surface area contributed by atoms with Gasteiger partial charge in [0.25, 0.3) is 0 Å². The van der Waals surface area contributed by atoms with Crippen molar-refractivity contribution in [2.75, 3.05) is 23.7 Å². The van der Waals surface area contributed by atoms with Gasteiger partial charge >= 0.3 is 0 Å². The Kier molecular flexibility index (Phi) is 10.5. The predicted molar refractivity (Wildman–Crippen MR) is 188 cm³/mol. The second-order valence-corrected chi connectivity index (χ2v) is 13.7. The molecule has 246 valence electrons. The highest BCUT2D eigenvalue weighted by Crippen LogP contribution is 2.42. The number of carbonyl (C=O) groups is 1. The minimum atomic E-state index is -0.513. The first-order chi connectivity index (χ1) is 22.7. The summed E-state index contributed by atoms with van der Waals surface area (Å²) in [4.78, 5) is 15.7. The van der Waals surface area contributed by atoms with Crippen LogP contribution in [0.25, 0.3) is 11.1 Å². The summed E-state index contributed by atoms with van der Waals surface area (Å²) in [6.45, 7) is 2.04. The lowest BCUT2D eigenvalue weighted by molar-refractivity contribution is -0.116. The summed E-state index contributed by atoms with van der Waals surface area (Å²) in [7, 11) is 0. The molecule has 47 heavy (non-hydrogen) atoms. The zero-order valence-electron chi connectivity index (χ0n) is 26.3. The molecule has 1 heterocycles. The van der Waals surface area contributed by atoms with Crippen LogP contribution in [-0.4, -0.2) is 29.9 Å². The largest absolute Gasteiger partial charge is 0.366 e. The van der Waals surface area contributed by atoms with Crippen molar-refractivity contribution >= 4 is 40.5 Å². The molecule has 1 unspecified atom stereocenters. The Morgan fingerprint density at radius 2 is 1.49 bits per heavy atom. The second-order valence-electron chi connectivity index (χ2n) is 12.9. The Morgan fingerprint density at radius 3 is 2.15 bits per heavy atom. The average molecular weight is 678 g/mol. The molecule has 0 radical (unpaired) electrons. The second kappa shape index (κ2) is 14.7. The molecule has 4 aromatic rings. The Labute approximate surface area is 285 Å². The minimum absolute atomic E-state index is 0.0137. The van der Waals surface area contributed by atoms with E-state index in [4.69, 9.17) is 28.9 Å². The van der Waals surface area contributed by atoms with E-state index in [1.807, 2.05) is 12.1 Å². The van der Waals surface area contributed by atoms with E-state index >= 15 is 0 Å². The summed E-state index contributed by atoms with van der Waals surface area (Å²) in [5.41, 5.74) is 11.7. The molecule has 0 aromatic heterocycles. The van der Waals surface area contributed by atoms with Crippen LogP contribution in [0.1, 0.15) is 68.7 Å². The molecule has 1 aliphatic heterocycles. The summed E-state index contributed by atoms with van der Waals surface area (Å²) in [6, 6.07) is 26.1. The van der Waals surface area contributed by atoms with Crippen LogP contribution in [0.3, 0.4) is 0 Å². The van der Waals surface area contributed by atoms with Crippen LogP contribution in [-0.2, 0) is 10.2 Å². The summed E-state index contributed by atoms with van der Waals surface area (Å²) >= 11 is 11.9. The van der Waals surface area contributed by atoms with Gasteiger partial charge in [0.05, 0.1) is 10.0 Å². The maximum absolute atomic E-state index is 13.6. The van der Waals surface area contributed by atoms with Gasteiger partial charge in [0.15, 0.2) is 0 Å². The molecule has 4 aromatic carbocycles. The number of rotatable bonds is 10. The third-order valence-electron chi connectivity index (χ3n) is 9.95. The van der Waals surface area contributed by atoms with Crippen molar-refractivity contribution in [1.29, 1.82) is 0 Å². The van der Waals surface area contributed by atoms with Gasteiger partial charge in [-0.2, -0.15) is 0 Å². The van der Waals surface area contributed by atoms with Crippen LogP contribution < -0.4 is 16.4 Å². The summed E-state index contributed by atoms with van der Waals surface area (Å²) in [6.07, 6.45) is 7.71. The topological polar surface area (TPSA) is 70.4 Å². The average Bonchev–Trinajstić information content (AvgIpc) is 3.63. The molecule has 0 bridgehead atoms. The van der Waals surface area contributed by atoms with Crippen molar-refractivity contribution in [2.45, 2.75) is 69.0 Å². The molecular formula is C38H40Cl2F2N4O. The van der Waals surface area contributed by atoms with Crippen LogP contribution in [0.15, 0.2) is 84.9 Å². The molecular weight excluding hydrogens is 637 g/mol. The van der Waals surface area contributed by atoms with Crippen molar-refractivity contribution < 1.29 is 13.6 Å². The van der Waals surface area contributed by atoms with Gasteiger partial charge in [0, 0.05) is 23.8 Å². The summed E-state index contributed by atoms with van der Waals surface area (Å²) in [5.74, 6) is -1.09. The molecule has 1 saturated carbocycles. The molecule has 6 rings (SSSR count). The molecule has 5 nitrogen and oxygen atoms in total. The molecule has 9 heteroatoms. The lowest BCUT2D eigenvalue weighted by Crippen LogP contribution is -2.46. The number of benzene rings is 4. The molecule has 4 N–H and O–H groups in total. The first kappa shape index (κ1) is 33.4. The van der Waals surface area contributed by atoms with Gasteiger partial charge in [0.2, 0.25) is 5.91 Å². The summed E-state index contributed by atoms with van der Waals surface area (Å²) in [5, 5.41) is 6.12. The van der Waals surface area contributed by atoms with Gasteiger partial charge in [-0.3, -0.25) is 4.79 Å². The fourth-order valence-electron chi connectivity index (χ4n) is 7.20. The molecule has 0 spiro atoms. The van der Waals surface area contributed by atoms with Crippen molar-refractivity contribution in [3.05, 3.63) is 118 Å². The number of hydrogen-bond acceptors (Lipinski definition) is 4. The number of likely N-dealkylation sites (tertiary alicyclic amines) is 1. The number of anilines is 2. The summed E-state index contributed by atoms with van der Waals surface area (Å²) < 4.78 is 27.2. The van der Waals surface area contributed by atoms with E-state index in [1.165, 1.54) is 61.6 Å². The van der Waals surface area contributed by atoms with E-state index in [1.54, 1.807) is 6.07 Å². The number of carbonyl (C=O) groups excluding carboxylic acids is 1. The van der Waals surface area contributed by atoms with E-state index < -0.39 is 17.8 Å². The van der Waals surface area contributed by atoms with Gasteiger partial charge < -0.3 is 21.3 Å². The fourth-order valence-corrected chi connectivity index (χ4v) is 7.56. The standard InChI is InChI=1S/C38H40Cl2F2N4O/c39-32-23-29(12-14-34(32)41)44-36(47)16-17-38(18-20-46(21-19-38)31-6-1-2-7-31)28-10-8-25(9-11-28)26-4-3-5-27(22-26)37(43)45-30-13-15-35(42)33(40)24-30/h3-5,8-15,22-24,31,37,45H,1-2,6-7,16-21,43H2,(H,44,47). The Morgan fingerprint density at radius 1 is 0.851 bits per heavy atom. The first-order valence-electron chi connectivity index (χ1n) is 16.4. The van der Waals surface area contributed by atoms with Gasteiger partial charge in [-0.05, 0) is 115 Å².